The van der Waals surface area contributed by atoms with Gasteiger partial charge in [-0.05, 0) is 49.7 Å². The summed E-state index contributed by atoms with van der Waals surface area (Å²) >= 11 is 0. The second-order valence-corrected chi connectivity index (χ2v) is 10.7. The zero-order chi connectivity index (χ0) is 29.8. The Kier molecular flexibility index (Phi) is 11.9. The van der Waals surface area contributed by atoms with Gasteiger partial charge in [0, 0.05) is 38.8 Å². The number of hydrogen-bond acceptors (Lipinski definition) is 7. The number of aromatic nitrogens is 2. The highest BCUT2D eigenvalue weighted by Crippen LogP contribution is 2.12. The van der Waals surface area contributed by atoms with Crippen molar-refractivity contribution in [3.05, 3.63) is 58.6 Å². The van der Waals surface area contributed by atoms with Gasteiger partial charge in [0.1, 0.15) is 17.9 Å². The molecule has 2 aromatic rings. The lowest BCUT2D eigenvalue weighted by Crippen LogP contribution is -2.56. The number of carbonyl (C=O) groups excluding carboxylic acids is 4. The van der Waals surface area contributed by atoms with Crippen LogP contribution in [0.25, 0.3) is 0 Å². The van der Waals surface area contributed by atoms with E-state index in [1.807, 2.05) is 44.2 Å². The van der Waals surface area contributed by atoms with E-state index in [2.05, 4.69) is 20.9 Å². The number of ketones is 1. The molecular weight excluding hydrogens is 526 g/mol. The molecule has 0 aliphatic carbocycles. The Balaban J connectivity index is 1.66. The third-order valence-electron chi connectivity index (χ3n) is 6.92. The highest BCUT2D eigenvalue weighted by molar-refractivity contribution is 6.38. The van der Waals surface area contributed by atoms with E-state index in [9.17, 15) is 24.0 Å². The molecule has 12 heteroatoms. The number of benzene rings is 1. The van der Waals surface area contributed by atoms with Crippen molar-refractivity contribution in [2.45, 2.75) is 71.0 Å². The minimum Gasteiger partial charge on any atom is -0.385 e. The summed E-state index contributed by atoms with van der Waals surface area (Å²) in [5.41, 5.74) is 6.08. The first-order valence-corrected chi connectivity index (χ1v) is 14.2. The number of nitrogens with two attached hydrogens (primary N) is 1. The molecule has 1 aromatic heterocycles. The largest absolute Gasteiger partial charge is 0.385 e. The fourth-order valence-corrected chi connectivity index (χ4v) is 4.73. The molecule has 0 saturated carbocycles. The van der Waals surface area contributed by atoms with Crippen LogP contribution >= 0.6 is 0 Å². The van der Waals surface area contributed by atoms with Crippen LogP contribution in [0.1, 0.15) is 51.5 Å². The molecule has 1 aliphatic rings. The Morgan fingerprint density at radius 3 is 2.34 bits per heavy atom. The maximum absolute atomic E-state index is 13.4. The highest BCUT2D eigenvalue weighted by Gasteiger charge is 2.31. The van der Waals surface area contributed by atoms with Gasteiger partial charge >= 0.3 is 11.7 Å². The lowest BCUT2D eigenvalue weighted by Gasteiger charge is -2.30. The molecule has 2 heterocycles. The van der Waals surface area contributed by atoms with Gasteiger partial charge in [0.2, 0.25) is 11.7 Å². The molecule has 0 bridgehead atoms. The average molecular weight is 568 g/mol. The number of hydrogen-bond donors (Lipinski definition) is 4. The van der Waals surface area contributed by atoms with Gasteiger partial charge in [0.15, 0.2) is 0 Å². The Bertz CT molecular complexity index is 1240. The van der Waals surface area contributed by atoms with Gasteiger partial charge in [-0.3, -0.25) is 19.0 Å². The first-order valence-electron chi connectivity index (χ1n) is 14.2. The summed E-state index contributed by atoms with van der Waals surface area (Å²) in [5.74, 6) is -1.82. The number of carbonyl (C=O) groups is 4. The molecule has 4 amide bonds. The standard InChI is InChI=1S/C29H41N7O5/c1-20(2)18-23(34-29(41)35-15-7-4-8-16-35)26(38)33-22(19-21-10-5-3-6-11-21)25(37)27(39)31-13-9-17-36-24(30)12-14-32-28(36)40/h3,5-6,10-12,14,20,22-23H,4,7-9,13,15-19,30H2,1-2H3,(H,31,39)(H,33,38)(H,34,41)/t22-,23-/m0/s1. The lowest BCUT2D eigenvalue weighted by atomic mass is 9.99. The van der Waals surface area contributed by atoms with Crippen molar-refractivity contribution in [1.29, 1.82) is 0 Å². The van der Waals surface area contributed by atoms with E-state index in [1.54, 1.807) is 4.90 Å². The Morgan fingerprint density at radius 2 is 1.68 bits per heavy atom. The number of urea groups is 1. The van der Waals surface area contributed by atoms with Crippen molar-refractivity contribution >= 4 is 29.4 Å². The molecule has 1 fully saturated rings. The number of amides is 4. The summed E-state index contributed by atoms with van der Waals surface area (Å²) in [4.78, 5) is 69.7. The van der Waals surface area contributed by atoms with Gasteiger partial charge in [0.05, 0.1) is 0 Å². The van der Waals surface area contributed by atoms with Crippen LogP contribution in [0.2, 0.25) is 0 Å². The van der Waals surface area contributed by atoms with Crippen molar-refractivity contribution in [2.75, 3.05) is 25.4 Å². The third kappa shape index (κ3) is 9.73. The number of nitrogen functional groups attached to an aromatic ring is 1. The van der Waals surface area contributed by atoms with Gasteiger partial charge in [-0.25, -0.2) is 14.6 Å². The zero-order valence-electron chi connectivity index (χ0n) is 23.8. The molecule has 12 nitrogen and oxygen atoms in total. The molecule has 0 unspecified atom stereocenters. The molecule has 222 valence electrons. The Labute approximate surface area is 240 Å². The van der Waals surface area contributed by atoms with E-state index in [0.717, 1.165) is 24.8 Å². The van der Waals surface area contributed by atoms with Crippen molar-refractivity contribution < 1.29 is 19.2 Å². The minimum absolute atomic E-state index is 0.0975. The van der Waals surface area contributed by atoms with E-state index < -0.39 is 35.4 Å². The molecule has 1 aliphatic heterocycles. The summed E-state index contributed by atoms with van der Waals surface area (Å²) in [7, 11) is 0. The number of likely N-dealkylation sites (tertiary alicyclic amines) is 1. The van der Waals surface area contributed by atoms with Crippen LogP contribution in [-0.2, 0) is 27.3 Å². The summed E-state index contributed by atoms with van der Waals surface area (Å²) in [6.07, 6.45) is 5.05. The molecule has 3 rings (SSSR count). The summed E-state index contributed by atoms with van der Waals surface area (Å²) in [6, 6.07) is 8.28. The molecule has 1 aromatic carbocycles. The minimum atomic E-state index is -1.14. The van der Waals surface area contributed by atoms with Crippen LogP contribution < -0.4 is 27.4 Å². The fraction of sp³-hybridized carbons (Fsp3) is 0.517. The number of anilines is 1. The number of nitrogens with one attached hydrogen (secondary N) is 3. The van der Waals surface area contributed by atoms with Gasteiger partial charge in [-0.2, -0.15) is 0 Å². The van der Waals surface area contributed by atoms with Gasteiger partial charge in [0.25, 0.3) is 5.91 Å². The molecule has 41 heavy (non-hydrogen) atoms. The van der Waals surface area contributed by atoms with Crippen LogP contribution in [0, 0.1) is 5.92 Å². The smallest absolute Gasteiger partial charge is 0.349 e. The van der Waals surface area contributed by atoms with E-state index >= 15 is 0 Å². The third-order valence-corrected chi connectivity index (χ3v) is 6.92. The average Bonchev–Trinajstić information content (AvgIpc) is 2.96. The van der Waals surface area contributed by atoms with Gasteiger partial charge in [-0.15, -0.1) is 0 Å². The first kappa shape index (κ1) is 31.3. The van der Waals surface area contributed by atoms with E-state index in [1.165, 1.54) is 16.8 Å². The molecule has 5 N–H and O–H groups in total. The SMILES string of the molecule is CC(C)C[C@H](NC(=O)N1CCCCC1)C(=O)N[C@@H](Cc1ccccc1)C(=O)C(=O)NCCCn1c(N)ccnc1=O. The fourth-order valence-electron chi connectivity index (χ4n) is 4.73. The van der Waals surface area contributed by atoms with Crippen molar-refractivity contribution in [3.63, 3.8) is 0 Å². The first-order chi connectivity index (χ1) is 19.7. The molecule has 0 spiro atoms. The van der Waals surface area contributed by atoms with E-state index in [0.29, 0.717) is 25.9 Å². The predicted molar refractivity (Wildman–Crippen MR) is 155 cm³/mol. The topological polar surface area (TPSA) is 169 Å². The number of piperidine rings is 1. The van der Waals surface area contributed by atoms with Crippen LogP contribution in [-0.4, -0.2) is 69.8 Å². The maximum atomic E-state index is 13.4. The summed E-state index contributed by atoms with van der Waals surface area (Å²) in [6.45, 7) is 5.49. The quantitative estimate of drug-likeness (QED) is 0.208. The number of rotatable bonds is 13. The Morgan fingerprint density at radius 1 is 0.976 bits per heavy atom. The molecule has 0 radical (unpaired) electrons. The van der Waals surface area contributed by atoms with Gasteiger partial charge in [-0.1, -0.05) is 44.2 Å². The summed E-state index contributed by atoms with van der Waals surface area (Å²) in [5, 5.41) is 8.16. The van der Waals surface area contributed by atoms with Crippen LogP contribution in [0.4, 0.5) is 10.6 Å². The molecule has 1 saturated heterocycles. The number of Topliss-reactive ketones (excluding diaryl/α,β-unsaturated/α-hetero) is 1. The van der Waals surface area contributed by atoms with Crippen molar-refractivity contribution in [3.8, 4) is 0 Å². The molecule has 2 atom stereocenters. The lowest BCUT2D eigenvalue weighted by molar-refractivity contribution is -0.140. The van der Waals surface area contributed by atoms with Crippen LogP contribution in [0.3, 0.4) is 0 Å². The second kappa shape index (κ2) is 15.5. The number of nitrogens with zero attached hydrogens (tertiary/aromatic N) is 3. The summed E-state index contributed by atoms with van der Waals surface area (Å²) < 4.78 is 1.28. The van der Waals surface area contributed by atoms with Crippen LogP contribution in [0.5, 0.6) is 0 Å². The Hall–Kier alpha value is -4.22. The normalized spacial score (nSPS) is 14.7. The second-order valence-electron chi connectivity index (χ2n) is 10.7. The zero-order valence-corrected chi connectivity index (χ0v) is 23.8. The van der Waals surface area contributed by atoms with E-state index in [-0.39, 0.29) is 37.3 Å². The van der Waals surface area contributed by atoms with Gasteiger partial charge < -0.3 is 26.6 Å². The predicted octanol–water partition coefficient (Wildman–Crippen LogP) is 1.24. The highest BCUT2D eigenvalue weighted by atomic mass is 16.2. The van der Waals surface area contributed by atoms with Crippen molar-refractivity contribution in [2.24, 2.45) is 5.92 Å². The van der Waals surface area contributed by atoms with Crippen LogP contribution in [0.15, 0.2) is 47.4 Å². The maximum Gasteiger partial charge on any atom is 0.349 e. The monoisotopic (exact) mass is 567 g/mol. The molecular formula is C29H41N7O5. The van der Waals surface area contributed by atoms with Crippen molar-refractivity contribution in [1.82, 2.24) is 30.4 Å². The van der Waals surface area contributed by atoms with E-state index in [4.69, 9.17) is 5.73 Å².